The van der Waals surface area contributed by atoms with Gasteiger partial charge in [-0.2, -0.15) is 0 Å². The molecule has 0 aromatic heterocycles. The second-order valence-corrected chi connectivity index (χ2v) is 2.84. The monoisotopic (exact) mass is 196 g/mol. The van der Waals surface area contributed by atoms with E-state index in [-0.39, 0.29) is 17.1 Å². The van der Waals surface area contributed by atoms with Crippen molar-refractivity contribution in [2.75, 3.05) is 6.61 Å². The number of hydrogen-bond acceptors (Lipinski definition) is 3. The van der Waals surface area contributed by atoms with Crippen molar-refractivity contribution in [2.24, 2.45) is 0 Å². The summed E-state index contributed by atoms with van der Waals surface area (Å²) < 4.78 is 5.16. The molecule has 0 aliphatic carbocycles. The smallest absolute Gasteiger partial charge is 0.335 e. The zero-order valence-corrected chi connectivity index (χ0v) is 7.86. The van der Waals surface area contributed by atoms with E-state index in [0.717, 1.165) is 6.42 Å². The van der Waals surface area contributed by atoms with E-state index in [0.29, 0.717) is 6.61 Å². The van der Waals surface area contributed by atoms with E-state index >= 15 is 0 Å². The number of hydrogen-bond donors (Lipinski definition) is 2. The molecule has 4 nitrogen and oxygen atoms in total. The van der Waals surface area contributed by atoms with Gasteiger partial charge in [-0.3, -0.25) is 0 Å². The van der Waals surface area contributed by atoms with Crippen LogP contribution in [0.1, 0.15) is 23.7 Å². The van der Waals surface area contributed by atoms with Crippen LogP contribution < -0.4 is 4.74 Å². The number of rotatable bonds is 4. The summed E-state index contributed by atoms with van der Waals surface area (Å²) in [6.45, 7) is 2.38. The minimum atomic E-state index is -1.04. The quantitative estimate of drug-likeness (QED) is 0.771. The Bertz CT molecular complexity index is 333. The summed E-state index contributed by atoms with van der Waals surface area (Å²) >= 11 is 0. The topological polar surface area (TPSA) is 66.8 Å². The number of carboxylic acids is 1. The molecule has 0 aliphatic heterocycles. The second kappa shape index (κ2) is 4.50. The lowest BCUT2D eigenvalue weighted by Crippen LogP contribution is -1.99. The summed E-state index contributed by atoms with van der Waals surface area (Å²) in [5.74, 6) is -0.860. The van der Waals surface area contributed by atoms with Gasteiger partial charge in [-0.15, -0.1) is 0 Å². The summed E-state index contributed by atoms with van der Waals surface area (Å²) in [5, 5.41) is 18.0. The van der Waals surface area contributed by atoms with Crippen LogP contribution in [0.4, 0.5) is 0 Å². The first-order chi connectivity index (χ1) is 6.65. The normalized spacial score (nSPS) is 9.79. The maximum Gasteiger partial charge on any atom is 0.335 e. The zero-order valence-electron chi connectivity index (χ0n) is 7.86. The van der Waals surface area contributed by atoms with Gasteiger partial charge in [-0.25, -0.2) is 4.79 Å². The van der Waals surface area contributed by atoms with Crippen molar-refractivity contribution < 1.29 is 19.7 Å². The van der Waals surface area contributed by atoms with Crippen molar-refractivity contribution in [3.05, 3.63) is 23.8 Å². The van der Waals surface area contributed by atoms with Crippen molar-refractivity contribution in [3.63, 3.8) is 0 Å². The molecule has 0 spiro atoms. The maximum atomic E-state index is 10.6. The molecule has 0 aliphatic rings. The average molecular weight is 196 g/mol. The molecule has 0 saturated heterocycles. The Balaban J connectivity index is 2.90. The number of phenolic OH excluding ortho intramolecular Hbond substituents is 1. The van der Waals surface area contributed by atoms with Crippen molar-refractivity contribution in [1.29, 1.82) is 0 Å². The number of benzene rings is 1. The predicted octanol–water partition coefficient (Wildman–Crippen LogP) is 1.88. The Labute approximate surface area is 81.8 Å². The van der Waals surface area contributed by atoms with Gasteiger partial charge in [0, 0.05) is 0 Å². The van der Waals surface area contributed by atoms with E-state index in [1.54, 1.807) is 0 Å². The van der Waals surface area contributed by atoms with Gasteiger partial charge in [-0.05, 0) is 24.6 Å². The van der Waals surface area contributed by atoms with Crippen LogP contribution in [0.25, 0.3) is 0 Å². The van der Waals surface area contributed by atoms with E-state index < -0.39 is 5.97 Å². The van der Waals surface area contributed by atoms with Gasteiger partial charge in [0.05, 0.1) is 12.2 Å². The molecule has 0 fully saturated rings. The zero-order chi connectivity index (χ0) is 10.6. The standard InChI is InChI=1S/C10H12O4/c1-2-5-14-9-6-7(10(12)13)3-4-8(9)11/h3-4,6,11H,2,5H2,1H3,(H,12,13). The SMILES string of the molecule is CCCOc1cc(C(=O)O)ccc1O. The highest BCUT2D eigenvalue weighted by atomic mass is 16.5. The summed E-state index contributed by atoms with van der Waals surface area (Å²) in [6, 6.07) is 3.96. The van der Waals surface area contributed by atoms with Crippen LogP contribution in [0.3, 0.4) is 0 Å². The minimum absolute atomic E-state index is 0.0385. The summed E-state index contributed by atoms with van der Waals surface area (Å²) in [4.78, 5) is 10.6. The van der Waals surface area contributed by atoms with E-state index in [1.165, 1.54) is 18.2 Å². The Morgan fingerprint density at radius 2 is 2.21 bits per heavy atom. The van der Waals surface area contributed by atoms with Gasteiger partial charge in [-0.1, -0.05) is 6.92 Å². The van der Waals surface area contributed by atoms with Gasteiger partial charge in [0.15, 0.2) is 11.5 Å². The van der Waals surface area contributed by atoms with E-state index in [4.69, 9.17) is 9.84 Å². The molecule has 1 rings (SSSR count). The third kappa shape index (κ3) is 2.39. The predicted molar refractivity (Wildman–Crippen MR) is 50.9 cm³/mol. The first-order valence-corrected chi connectivity index (χ1v) is 4.34. The molecule has 76 valence electrons. The third-order valence-corrected chi connectivity index (χ3v) is 1.67. The molecule has 1 aromatic rings. The Kier molecular flexibility index (Phi) is 3.34. The highest BCUT2D eigenvalue weighted by Crippen LogP contribution is 2.26. The van der Waals surface area contributed by atoms with E-state index in [1.807, 2.05) is 6.92 Å². The molecule has 2 N–H and O–H groups in total. The largest absolute Gasteiger partial charge is 0.504 e. The molecule has 0 heterocycles. The number of aromatic carboxylic acids is 1. The van der Waals surface area contributed by atoms with E-state index in [9.17, 15) is 9.90 Å². The lowest BCUT2D eigenvalue weighted by molar-refractivity contribution is 0.0696. The molecule has 0 radical (unpaired) electrons. The van der Waals surface area contributed by atoms with Gasteiger partial charge >= 0.3 is 5.97 Å². The Morgan fingerprint density at radius 1 is 1.50 bits per heavy atom. The molecule has 0 amide bonds. The van der Waals surface area contributed by atoms with Crippen LogP contribution in [0.5, 0.6) is 11.5 Å². The highest BCUT2D eigenvalue weighted by molar-refractivity contribution is 5.88. The van der Waals surface area contributed by atoms with E-state index in [2.05, 4.69) is 0 Å². The Hall–Kier alpha value is -1.71. The number of phenols is 1. The number of aromatic hydroxyl groups is 1. The molecular weight excluding hydrogens is 184 g/mol. The second-order valence-electron chi connectivity index (χ2n) is 2.84. The van der Waals surface area contributed by atoms with Crippen LogP contribution >= 0.6 is 0 Å². The summed E-state index contributed by atoms with van der Waals surface area (Å²) in [7, 11) is 0. The fourth-order valence-electron chi connectivity index (χ4n) is 0.975. The molecule has 1 aromatic carbocycles. The van der Waals surface area contributed by atoms with Crippen LogP contribution in [0.15, 0.2) is 18.2 Å². The van der Waals surface area contributed by atoms with Crippen LogP contribution in [0, 0.1) is 0 Å². The molecule has 0 atom stereocenters. The van der Waals surface area contributed by atoms with Gasteiger partial charge < -0.3 is 14.9 Å². The highest BCUT2D eigenvalue weighted by Gasteiger charge is 2.08. The van der Waals surface area contributed by atoms with Crippen molar-refractivity contribution in [2.45, 2.75) is 13.3 Å². The third-order valence-electron chi connectivity index (χ3n) is 1.67. The van der Waals surface area contributed by atoms with Crippen LogP contribution in [-0.4, -0.2) is 22.8 Å². The van der Waals surface area contributed by atoms with Crippen molar-refractivity contribution >= 4 is 5.97 Å². The number of carbonyl (C=O) groups is 1. The summed E-state index contributed by atoms with van der Waals surface area (Å²) in [6.07, 6.45) is 0.802. The first-order valence-electron chi connectivity index (χ1n) is 4.34. The van der Waals surface area contributed by atoms with Gasteiger partial charge in [0.2, 0.25) is 0 Å². The van der Waals surface area contributed by atoms with Gasteiger partial charge in [0.25, 0.3) is 0 Å². The Morgan fingerprint density at radius 3 is 2.79 bits per heavy atom. The molecular formula is C10H12O4. The maximum absolute atomic E-state index is 10.6. The summed E-state index contributed by atoms with van der Waals surface area (Å²) in [5.41, 5.74) is 0.105. The molecule has 4 heteroatoms. The molecule has 0 bridgehead atoms. The van der Waals surface area contributed by atoms with Crippen molar-refractivity contribution in [1.82, 2.24) is 0 Å². The minimum Gasteiger partial charge on any atom is -0.504 e. The molecule has 0 unspecified atom stereocenters. The van der Waals surface area contributed by atoms with Gasteiger partial charge in [0.1, 0.15) is 0 Å². The van der Waals surface area contributed by atoms with Crippen LogP contribution in [-0.2, 0) is 0 Å². The lowest BCUT2D eigenvalue weighted by Gasteiger charge is -2.07. The fraction of sp³-hybridized carbons (Fsp3) is 0.300. The van der Waals surface area contributed by atoms with Crippen molar-refractivity contribution in [3.8, 4) is 11.5 Å². The molecule has 0 saturated carbocycles. The fourth-order valence-corrected chi connectivity index (χ4v) is 0.975. The average Bonchev–Trinajstić information content (AvgIpc) is 2.16. The first kappa shape index (κ1) is 10.4. The molecule has 14 heavy (non-hydrogen) atoms. The lowest BCUT2D eigenvalue weighted by atomic mass is 10.2. The van der Waals surface area contributed by atoms with Crippen LogP contribution in [0.2, 0.25) is 0 Å². The number of ether oxygens (including phenoxy) is 1. The number of carboxylic acid groups (broad SMARTS) is 1.